The summed E-state index contributed by atoms with van der Waals surface area (Å²) >= 11 is 2.90. The van der Waals surface area contributed by atoms with Gasteiger partial charge in [-0.3, -0.25) is 4.79 Å². The molecule has 15 heavy (non-hydrogen) atoms. The molecule has 0 unspecified atom stereocenters. The van der Waals surface area contributed by atoms with Gasteiger partial charge in [0, 0.05) is 6.54 Å². The fourth-order valence-electron chi connectivity index (χ4n) is 1.06. The topological polar surface area (TPSA) is 29.1 Å². The Hall–Kier alpha value is -0.970. The minimum Gasteiger partial charge on any atom is -0.352 e. The number of halogens is 3. The Morgan fingerprint density at radius 1 is 1.47 bits per heavy atom. The number of benzene rings is 1. The maximum Gasteiger partial charge on any atom is 0.257 e. The van der Waals surface area contributed by atoms with Gasteiger partial charge >= 0.3 is 0 Å². The fraction of sp³-hybridized carbons (Fsp3) is 0.300. The Morgan fingerprint density at radius 3 is 2.73 bits per heavy atom. The van der Waals surface area contributed by atoms with Crippen LogP contribution in [0.15, 0.2) is 16.6 Å². The molecule has 0 aromatic heterocycles. The standard InChI is InChI=1S/C10H10BrF2NO/c1-2-5-14-10(15)8-7(12)4-3-6(11)9(8)13/h3-4H,2,5H2,1H3,(H,14,15). The van der Waals surface area contributed by atoms with Crippen molar-refractivity contribution >= 4 is 21.8 Å². The van der Waals surface area contributed by atoms with E-state index in [-0.39, 0.29) is 4.47 Å². The molecule has 0 radical (unpaired) electrons. The maximum atomic E-state index is 13.4. The van der Waals surface area contributed by atoms with Crippen molar-refractivity contribution < 1.29 is 13.6 Å². The lowest BCUT2D eigenvalue weighted by molar-refractivity contribution is 0.0945. The molecule has 0 aliphatic carbocycles. The van der Waals surface area contributed by atoms with Gasteiger partial charge in [0.2, 0.25) is 0 Å². The Kier molecular flexibility index (Phi) is 4.20. The second-order valence-corrected chi connectivity index (χ2v) is 3.83. The van der Waals surface area contributed by atoms with E-state index >= 15 is 0 Å². The molecule has 0 fully saturated rings. The Morgan fingerprint density at radius 2 is 2.13 bits per heavy atom. The lowest BCUT2D eigenvalue weighted by atomic mass is 10.2. The van der Waals surface area contributed by atoms with E-state index in [4.69, 9.17) is 0 Å². The van der Waals surface area contributed by atoms with E-state index in [0.717, 1.165) is 6.07 Å². The first-order valence-corrected chi connectivity index (χ1v) is 5.29. The lowest BCUT2D eigenvalue weighted by Crippen LogP contribution is -2.26. The van der Waals surface area contributed by atoms with Crippen LogP contribution in [0.1, 0.15) is 23.7 Å². The van der Waals surface area contributed by atoms with E-state index < -0.39 is 23.1 Å². The van der Waals surface area contributed by atoms with Crippen LogP contribution in [-0.4, -0.2) is 12.5 Å². The maximum absolute atomic E-state index is 13.4. The number of hydrogen-bond donors (Lipinski definition) is 1. The predicted molar refractivity (Wildman–Crippen MR) is 56.7 cm³/mol. The summed E-state index contributed by atoms with van der Waals surface area (Å²) in [5, 5.41) is 2.42. The number of carbonyl (C=O) groups is 1. The second kappa shape index (κ2) is 5.21. The number of hydrogen-bond acceptors (Lipinski definition) is 1. The molecule has 0 saturated carbocycles. The zero-order valence-corrected chi connectivity index (χ0v) is 9.70. The summed E-state index contributed by atoms with van der Waals surface area (Å²) in [6.45, 7) is 2.25. The van der Waals surface area contributed by atoms with Crippen LogP contribution >= 0.6 is 15.9 Å². The molecule has 1 amide bonds. The Bertz CT molecular complexity index is 382. The molecule has 0 spiro atoms. The zero-order chi connectivity index (χ0) is 11.4. The van der Waals surface area contributed by atoms with Crippen LogP contribution in [0.4, 0.5) is 8.78 Å². The molecule has 0 heterocycles. The van der Waals surface area contributed by atoms with Gasteiger partial charge in [0.05, 0.1) is 4.47 Å². The SMILES string of the molecule is CCCNC(=O)c1c(F)ccc(Br)c1F. The summed E-state index contributed by atoms with van der Waals surface area (Å²) in [6.07, 6.45) is 0.711. The summed E-state index contributed by atoms with van der Waals surface area (Å²) in [4.78, 5) is 11.4. The number of carbonyl (C=O) groups excluding carboxylic acids is 1. The summed E-state index contributed by atoms with van der Waals surface area (Å²) in [5.41, 5.74) is -0.544. The van der Waals surface area contributed by atoms with Gasteiger partial charge in [0.15, 0.2) is 5.82 Å². The van der Waals surface area contributed by atoms with Crippen molar-refractivity contribution in [1.29, 1.82) is 0 Å². The molecular formula is C10H10BrF2NO. The van der Waals surface area contributed by atoms with Crippen LogP contribution < -0.4 is 5.32 Å². The van der Waals surface area contributed by atoms with Gasteiger partial charge in [0.25, 0.3) is 5.91 Å². The molecule has 0 aliphatic rings. The lowest BCUT2D eigenvalue weighted by Gasteiger charge is -2.06. The smallest absolute Gasteiger partial charge is 0.257 e. The molecule has 1 rings (SSSR count). The highest BCUT2D eigenvalue weighted by atomic mass is 79.9. The van der Waals surface area contributed by atoms with E-state index in [1.165, 1.54) is 6.07 Å². The first kappa shape index (κ1) is 12.1. The molecule has 1 aromatic rings. The van der Waals surface area contributed by atoms with E-state index in [9.17, 15) is 13.6 Å². The minimum atomic E-state index is -0.872. The van der Waals surface area contributed by atoms with Crippen molar-refractivity contribution in [2.75, 3.05) is 6.54 Å². The van der Waals surface area contributed by atoms with Gasteiger partial charge in [-0.25, -0.2) is 8.78 Å². The van der Waals surface area contributed by atoms with Crippen molar-refractivity contribution in [3.05, 3.63) is 33.8 Å². The molecule has 0 atom stereocenters. The summed E-state index contributed by atoms with van der Waals surface area (Å²) in [7, 11) is 0. The summed E-state index contributed by atoms with van der Waals surface area (Å²) in [5.74, 6) is -2.46. The molecule has 1 N–H and O–H groups in total. The average Bonchev–Trinajstić information content (AvgIpc) is 2.21. The molecular weight excluding hydrogens is 268 g/mol. The first-order chi connectivity index (χ1) is 7.07. The van der Waals surface area contributed by atoms with Crippen LogP contribution in [0.2, 0.25) is 0 Å². The predicted octanol–water partition coefficient (Wildman–Crippen LogP) is 2.87. The van der Waals surface area contributed by atoms with Crippen LogP contribution in [-0.2, 0) is 0 Å². The van der Waals surface area contributed by atoms with Gasteiger partial charge < -0.3 is 5.32 Å². The number of nitrogens with one attached hydrogen (secondary N) is 1. The third-order valence-electron chi connectivity index (χ3n) is 1.81. The van der Waals surface area contributed by atoms with Gasteiger partial charge in [0.1, 0.15) is 11.4 Å². The van der Waals surface area contributed by atoms with Crippen molar-refractivity contribution in [3.8, 4) is 0 Å². The largest absolute Gasteiger partial charge is 0.352 e. The minimum absolute atomic E-state index is 0.0746. The third kappa shape index (κ3) is 2.75. The quantitative estimate of drug-likeness (QED) is 0.846. The van der Waals surface area contributed by atoms with Crippen LogP contribution in [0.5, 0.6) is 0 Å². The van der Waals surface area contributed by atoms with Gasteiger partial charge in [-0.05, 0) is 34.5 Å². The fourth-order valence-corrected chi connectivity index (χ4v) is 1.39. The third-order valence-corrected chi connectivity index (χ3v) is 2.42. The van der Waals surface area contributed by atoms with E-state index in [1.807, 2.05) is 6.92 Å². The van der Waals surface area contributed by atoms with Gasteiger partial charge in [-0.1, -0.05) is 6.92 Å². The molecule has 5 heteroatoms. The van der Waals surface area contributed by atoms with Crippen molar-refractivity contribution in [2.24, 2.45) is 0 Å². The highest BCUT2D eigenvalue weighted by Gasteiger charge is 2.18. The normalized spacial score (nSPS) is 10.1. The number of rotatable bonds is 3. The van der Waals surface area contributed by atoms with Crippen molar-refractivity contribution in [2.45, 2.75) is 13.3 Å². The molecule has 82 valence electrons. The van der Waals surface area contributed by atoms with Crippen molar-refractivity contribution in [3.63, 3.8) is 0 Å². The van der Waals surface area contributed by atoms with Gasteiger partial charge in [-0.15, -0.1) is 0 Å². The van der Waals surface area contributed by atoms with Crippen LogP contribution in [0, 0.1) is 11.6 Å². The van der Waals surface area contributed by atoms with E-state index in [0.29, 0.717) is 13.0 Å². The monoisotopic (exact) mass is 277 g/mol. The van der Waals surface area contributed by atoms with Crippen molar-refractivity contribution in [1.82, 2.24) is 5.32 Å². The highest BCUT2D eigenvalue weighted by molar-refractivity contribution is 9.10. The van der Waals surface area contributed by atoms with Gasteiger partial charge in [-0.2, -0.15) is 0 Å². The Balaban J connectivity index is 3.02. The molecule has 0 saturated heterocycles. The number of amides is 1. The molecule has 2 nitrogen and oxygen atoms in total. The van der Waals surface area contributed by atoms with Crippen LogP contribution in [0.25, 0.3) is 0 Å². The van der Waals surface area contributed by atoms with E-state index in [1.54, 1.807) is 0 Å². The molecule has 0 aliphatic heterocycles. The second-order valence-electron chi connectivity index (χ2n) is 2.97. The summed E-state index contributed by atoms with van der Waals surface area (Å²) < 4.78 is 26.7. The average molecular weight is 278 g/mol. The molecule has 0 bridgehead atoms. The van der Waals surface area contributed by atoms with Crippen LogP contribution in [0.3, 0.4) is 0 Å². The highest BCUT2D eigenvalue weighted by Crippen LogP contribution is 2.21. The molecule has 1 aromatic carbocycles. The van der Waals surface area contributed by atoms with E-state index in [2.05, 4.69) is 21.2 Å². The first-order valence-electron chi connectivity index (χ1n) is 4.49. The summed E-state index contributed by atoms with van der Waals surface area (Å²) in [6, 6.07) is 2.27. The zero-order valence-electron chi connectivity index (χ0n) is 8.11. The Labute approximate surface area is 94.8 Å².